The van der Waals surface area contributed by atoms with Gasteiger partial charge in [-0.25, -0.2) is 17.1 Å². The lowest BCUT2D eigenvalue weighted by Gasteiger charge is -2.18. The van der Waals surface area contributed by atoms with E-state index < -0.39 is 21.8 Å². The smallest absolute Gasteiger partial charge is 0.306 e. The van der Waals surface area contributed by atoms with Crippen molar-refractivity contribution in [2.75, 3.05) is 26.4 Å². The van der Waals surface area contributed by atoms with Crippen LogP contribution in [0, 0.1) is 12.7 Å². The van der Waals surface area contributed by atoms with E-state index in [2.05, 4.69) is 4.74 Å². The molecule has 0 heterocycles. The zero-order valence-electron chi connectivity index (χ0n) is 11.5. The molecule has 0 radical (unpaired) electrons. The van der Waals surface area contributed by atoms with Crippen LogP contribution >= 0.6 is 0 Å². The number of hydrogen-bond donors (Lipinski definition) is 1. The molecule has 0 saturated heterocycles. The zero-order chi connectivity index (χ0) is 15.5. The van der Waals surface area contributed by atoms with E-state index in [1.54, 1.807) is 0 Å². The number of methoxy groups -OCH3 is 1. The molecule has 0 amide bonds. The number of nitrogens with two attached hydrogens (primary N) is 1. The number of carbonyl (C=O) groups is 1. The molecule has 20 heavy (non-hydrogen) atoms. The second-order valence-corrected chi connectivity index (χ2v) is 6.29. The fourth-order valence-corrected chi connectivity index (χ4v) is 3.02. The molecule has 0 aliphatic carbocycles. The molecule has 8 heteroatoms. The van der Waals surface area contributed by atoms with Crippen molar-refractivity contribution in [2.45, 2.75) is 18.2 Å². The predicted molar refractivity (Wildman–Crippen MR) is 72.0 cm³/mol. The lowest BCUT2D eigenvalue weighted by molar-refractivity contribution is -0.140. The first-order valence-electron chi connectivity index (χ1n) is 5.79. The van der Waals surface area contributed by atoms with Crippen LogP contribution in [0.5, 0.6) is 0 Å². The predicted octanol–water partition coefficient (Wildman–Crippen LogP) is 0.900. The van der Waals surface area contributed by atoms with E-state index in [9.17, 15) is 17.6 Å². The summed E-state index contributed by atoms with van der Waals surface area (Å²) < 4.78 is 43.6. The number of ether oxygens (including phenoxy) is 1. The molecule has 0 bridgehead atoms. The van der Waals surface area contributed by atoms with Crippen molar-refractivity contribution < 1.29 is 22.3 Å². The molecule has 0 fully saturated rings. The van der Waals surface area contributed by atoms with Gasteiger partial charge in [0.25, 0.3) is 0 Å². The van der Waals surface area contributed by atoms with Gasteiger partial charge in [-0.1, -0.05) is 0 Å². The van der Waals surface area contributed by atoms with Gasteiger partial charge in [-0.3, -0.25) is 4.79 Å². The van der Waals surface area contributed by atoms with Gasteiger partial charge >= 0.3 is 5.97 Å². The molecular formula is C12H17FN2O4S. The quantitative estimate of drug-likeness (QED) is 0.645. The highest BCUT2D eigenvalue weighted by atomic mass is 32.2. The maximum atomic E-state index is 13.6. The highest BCUT2D eigenvalue weighted by Gasteiger charge is 2.25. The first kappa shape index (κ1) is 16.4. The number of nitrogen functional groups attached to an aromatic ring is 1. The third-order valence-corrected chi connectivity index (χ3v) is 4.85. The van der Waals surface area contributed by atoms with E-state index in [1.807, 2.05) is 0 Å². The summed E-state index contributed by atoms with van der Waals surface area (Å²) in [6.07, 6.45) is -0.0872. The van der Waals surface area contributed by atoms with Crippen LogP contribution in [0.4, 0.5) is 10.1 Å². The maximum absolute atomic E-state index is 13.6. The molecule has 1 rings (SSSR count). The Bertz CT molecular complexity index is 616. The van der Waals surface area contributed by atoms with Crippen molar-refractivity contribution >= 4 is 21.7 Å². The highest BCUT2D eigenvalue weighted by Crippen LogP contribution is 2.24. The van der Waals surface area contributed by atoms with Gasteiger partial charge in [0.15, 0.2) is 0 Å². The Morgan fingerprint density at radius 2 is 2.05 bits per heavy atom. The molecule has 2 N–H and O–H groups in total. The van der Waals surface area contributed by atoms with Gasteiger partial charge < -0.3 is 10.5 Å². The molecule has 0 aliphatic rings. The van der Waals surface area contributed by atoms with Crippen LogP contribution in [0.2, 0.25) is 0 Å². The fraction of sp³-hybridized carbons (Fsp3) is 0.417. The Morgan fingerprint density at radius 3 is 2.60 bits per heavy atom. The van der Waals surface area contributed by atoms with Gasteiger partial charge in [0.1, 0.15) is 5.82 Å². The molecular weight excluding hydrogens is 287 g/mol. The number of benzene rings is 1. The van der Waals surface area contributed by atoms with Crippen molar-refractivity contribution in [3.63, 3.8) is 0 Å². The molecule has 0 unspecified atom stereocenters. The van der Waals surface area contributed by atoms with Gasteiger partial charge in [-0.2, -0.15) is 0 Å². The van der Waals surface area contributed by atoms with Crippen LogP contribution in [-0.4, -0.2) is 39.4 Å². The summed E-state index contributed by atoms with van der Waals surface area (Å²) in [4.78, 5) is 10.8. The van der Waals surface area contributed by atoms with Crippen LogP contribution in [0.3, 0.4) is 0 Å². The third kappa shape index (κ3) is 3.45. The van der Waals surface area contributed by atoms with Gasteiger partial charge in [-0.15, -0.1) is 0 Å². The lowest BCUT2D eigenvalue weighted by Crippen LogP contribution is -2.30. The van der Waals surface area contributed by atoms with Gasteiger partial charge in [-0.05, 0) is 19.1 Å². The van der Waals surface area contributed by atoms with Crippen LogP contribution in [-0.2, 0) is 19.6 Å². The summed E-state index contributed by atoms with van der Waals surface area (Å²) in [5, 5.41) is 0. The van der Waals surface area contributed by atoms with Gasteiger partial charge in [0, 0.05) is 24.8 Å². The summed E-state index contributed by atoms with van der Waals surface area (Å²) in [5.41, 5.74) is 5.48. The minimum Gasteiger partial charge on any atom is -0.469 e. The van der Waals surface area contributed by atoms with Crippen molar-refractivity contribution in [3.05, 3.63) is 23.5 Å². The van der Waals surface area contributed by atoms with Crippen molar-refractivity contribution in [3.8, 4) is 0 Å². The first-order chi connectivity index (χ1) is 9.20. The molecule has 0 spiro atoms. The molecule has 6 nitrogen and oxygen atoms in total. The second kappa shape index (κ2) is 6.19. The molecule has 0 saturated carbocycles. The summed E-state index contributed by atoms with van der Waals surface area (Å²) in [6.45, 7) is 1.29. The molecule has 0 atom stereocenters. The van der Waals surface area contributed by atoms with E-state index in [1.165, 1.54) is 27.1 Å². The molecule has 0 aromatic heterocycles. The standard InChI is InChI=1S/C12H17FN2O4S/c1-8-10(13)6-9(14)7-11(8)20(17,18)15(2)5-4-12(16)19-3/h6-7H,4-5,14H2,1-3H3. The van der Waals surface area contributed by atoms with Crippen molar-refractivity contribution in [2.24, 2.45) is 0 Å². The van der Waals surface area contributed by atoms with Gasteiger partial charge in [0.2, 0.25) is 10.0 Å². The Kier molecular flexibility index (Phi) is 5.07. The monoisotopic (exact) mass is 304 g/mol. The number of rotatable bonds is 5. The van der Waals surface area contributed by atoms with Crippen LogP contribution in [0.15, 0.2) is 17.0 Å². The largest absolute Gasteiger partial charge is 0.469 e. The number of halogens is 1. The normalized spacial score (nSPS) is 11.7. The minimum atomic E-state index is -3.91. The molecule has 112 valence electrons. The summed E-state index contributed by atoms with van der Waals surface area (Å²) in [5.74, 6) is -1.22. The number of carbonyl (C=O) groups excluding carboxylic acids is 1. The Morgan fingerprint density at radius 1 is 1.45 bits per heavy atom. The van der Waals surface area contributed by atoms with E-state index in [4.69, 9.17) is 5.73 Å². The minimum absolute atomic E-state index is 0.0101. The zero-order valence-corrected chi connectivity index (χ0v) is 12.3. The van der Waals surface area contributed by atoms with Gasteiger partial charge in [0.05, 0.1) is 18.4 Å². The summed E-state index contributed by atoms with van der Waals surface area (Å²) in [7, 11) is -1.39. The number of anilines is 1. The van der Waals surface area contributed by atoms with Crippen molar-refractivity contribution in [1.82, 2.24) is 4.31 Å². The maximum Gasteiger partial charge on any atom is 0.306 e. The summed E-state index contributed by atoms with van der Waals surface area (Å²) in [6, 6.07) is 2.26. The molecule has 1 aromatic carbocycles. The molecule has 1 aromatic rings. The van der Waals surface area contributed by atoms with Crippen LogP contribution in [0.1, 0.15) is 12.0 Å². The molecule has 0 aliphatic heterocycles. The number of nitrogens with zero attached hydrogens (tertiary/aromatic N) is 1. The van der Waals surface area contributed by atoms with E-state index >= 15 is 0 Å². The third-order valence-electron chi connectivity index (χ3n) is 2.87. The highest BCUT2D eigenvalue weighted by molar-refractivity contribution is 7.89. The SMILES string of the molecule is COC(=O)CCN(C)S(=O)(=O)c1cc(N)cc(F)c1C. The Balaban J connectivity index is 3.08. The van der Waals surface area contributed by atoms with Crippen LogP contribution < -0.4 is 5.73 Å². The Labute approximate surface area is 117 Å². The average Bonchev–Trinajstić information content (AvgIpc) is 2.39. The van der Waals surface area contributed by atoms with Crippen molar-refractivity contribution in [1.29, 1.82) is 0 Å². The topological polar surface area (TPSA) is 89.7 Å². The number of esters is 1. The number of hydrogen-bond acceptors (Lipinski definition) is 5. The van der Waals surface area contributed by atoms with Crippen LogP contribution in [0.25, 0.3) is 0 Å². The lowest BCUT2D eigenvalue weighted by atomic mass is 10.2. The summed E-state index contributed by atoms with van der Waals surface area (Å²) >= 11 is 0. The second-order valence-electron chi connectivity index (χ2n) is 4.28. The fourth-order valence-electron chi connectivity index (χ4n) is 1.58. The first-order valence-corrected chi connectivity index (χ1v) is 7.23. The number of sulfonamides is 1. The average molecular weight is 304 g/mol. The van der Waals surface area contributed by atoms with E-state index in [-0.39, 0.29) is 29.1 Å². The van der Waals surface area contributed by atoms with E-state index in [0.29, 0.717) is 0 Å². The van der Waals surface area contributed by atoms with E-state index in [0.717, 1.165) is 10.4 Å². The Hall–Kier alpha value is -1.67.